The quantitative estimate of drug-likeness (QED) is 0.614. The molecule has 2 N–H and O–H groups in total. The standard InChI is InChI=1S/C22H27N5O3S/c1-13(2)23-20(28)5-4-17-14(3)24-19-10-18(25-27(19)22(17)30)15-6-8-26(11-15)21(29)16-7-9-31-12-16/h7,9-10,12-13,15,25H,4-6,8,11H2,1-3H3,(H,23,28)/t15-/m0/s1. The van der Waals surface area contributed by atoms with Crippen molar-refractivity contribution in [2.24, 2.45) is 0 Å². The van der Waals surface area contributed by atoms with E-state index in [-0.39, 0.29) is 35.8 Å². The molecule has 0 radical (unpaired) electrons. The summed E-state index contributed by atoms with van der Waals surface area (Å²) >= 11 is 1.51. The van der Waals surface area contributed by atoms with Crippen LogP contribution in [0.1, 0.15) is 59.9 Å². The molecule has 0 aromatic carbocycles. The van der Waals surface area contributed by atoms with Crippen molar-refractivity contribution in [3.63, 3.8) is 0 Å². The number of H-pyrrole nitrogens is 1. The van der Waals surface area contributed by atoms with Crippen molar-refractivity contribution >= 4 is 28.8 Å². The number of nitrogens with one attached hydrogen (secondary N) is 2. The number of likely N-dealkylation sites (tertiary alicyclic amines) is 1. The van der Waals surface area contributed by atoms with Crippen molar-refractivity contribution in [2.75, 3.05) is 13.1 Å². The van der Waals surface area contributed by atoms with Crippen LogP contribution in [0.25, 0.3) is 5.65 Å². The number of aromatic amines is 1. The fourth-order valence-electron chi connectivity index (χ4n) is 4.09. The van der Waals surface area contributed by atoms with Crippen molar-refractivity contribution < 1.29 is 9.59 Å². The van der Waals surface area contributed by atoms with Crippen LogP contribution in [0.2, 0.25) is 0 Å². The largest absolute Gasteiger partial charge is 0.354 e. The number of hydrogen-bond donors (Lipinski definition) is 2. The minimum atomic E-state index is -0.171. The molecule has 0 aliphatic carbocycles. The van der Waals surface area contributed by atoms with Crippen molar-refractivity contribution in [3.8, 4) is 0 Å². The van der Waals surface area contributed by atoms with Gasteiger partial charge in [0, 0.05) is 59.9 Å². The summed E-state index contributed by atoms with van der Waals surface area (Å²) < 4.78 is 1.46. The summed E-state index contributed by atoms with van der Waals surface area (Å²) in [4.78, 5) is 44.1. The first-order chi connectivity index (χ1) is 14.8. The van der Waals surface area contributed by atoms with Gasteiger partial charge in [0.15, 0.2) is 5.65 Å². The molecule has 0 unspecified atom stereocenters. The van der Waals surface area contributed by atoms with E-state index >= 15 is 0 Å². The third-order valence-corrected chi connectivity index (χ3v) is 6.35. The Labute approximate surface area is 184 Å². The summed E-state index contributed by atoms with van der Waals surface area (Å²) in [5, 5.41) is 9.81. The molecule has 4 rings (SSSR count). The zero-order valence-electron chi connectivity index (χ0n) is 18.0. The van der Waals surface area contributed by atoms with Crippen LogP contribution in [0.5, 0.6) is 0 Å². The molecule has 31 heavy (non-hydrogen) atoms. The van der Waals surface area contributed by atoms with E-state index in [1.807, 2.05) is 41.6 Å². The molecule has 2 amide bonds. The minimum Gasteiger partial charge on any atom is -0.354 e. The highest BCUT2D eigenvalue weighted by molar-refractivity contribution is 7.08. The molecule has 164 valence electrons. The highest BCUT2D eigenvalue weighted by atomic mass is 32.1. The van der Waals surface area contributed by atoms with Gasteiger partial charge in [0.1, 0.15) is 0 Å². The molecule has 1 atom stereocenters. The first kappa shape index (κ1) is 21.3. The lowest BCUT2D eigenvalue weighted by Gasteiger charge is -2.15. The molecule has 8 nitrogen and oxygen atoms in total. The van der Waals surface area contributed by atoms with Crippen LogP contribution in [0, 0.1) is 6.92 Å². The van der Waals surface area contributed by atoms with Gasteiger partial charge < -0.3 is 10.2 Å². The average molecular weight is 442 g/mol. The third-order valence-electron chi connectivity index (χ3n) is 5.67. The number of hydrogen-bond acceptors (Lipinski definition) is 5. The number of thiophene rings is 1. The number of carbonyl (C=O) groups is 2. The second-order valence-electron chi connectivity index (χ2n) is 8.36. The second kappa shape index (κ2) is 8.66. The highest BCUT2D eigenvalue weighted by Gasteiger charge is 2.29. The van der Waals surface area contributed by atoms with Gasteiger partial charge >= 0.3 is 0 Å². The normalized spacial score (nSPS) is 16.4. The van der Waals surface area contributed by atoms with Gasteiger partial charge in [-0.25, -0.2) is 9.50 Å². The molecular formula is C22H27N5O3S. The van der Waals surface area contributed by atoms with Gasteiger partial charge in [-0.15, -0.1) is 0 Å². The van der Waals surface area contributed by atoms with E-state index < -0.39 is 0 Å². The topological polar surface area (TPSA) is 99.6 Å². The number of amides is 2. The molecule has 0 bridgehead atoms. The van der Waals surface area contributed by atoms with Gasteiger partial charge in [-0.1, -0.05) is 0 Å². The summed E-state index contributed by atoms with van der Waals surface area (Å²) in [6.45, 7) is 6.92. The molecule has 3 aromatic rings. The predicted molar refractivity (Wildman–Crippen MR) is 120 cm³/mol. The van der Waals surface area contributed by atoms with Crippen molar-refractivity contribution in [3.05, 3.63) is 55.8 Å². The molecule has 3 aromatic heterocycles. The summed E-state index contributed by atoms with van der Waals surface area (Å²) in [7, 11) is 0. The summed E-state index contributed by atoms with van der Waals surface area (Å²) in [5.74, 6) is 0.102. The Balaban J connectivity index is 1.52. The Morgan fingerprint density at radius 1 is 1.39 bits per heavy atom. The van der Waals surface area contributed by atoms with E-state index in [0.29, 0.717) is 36.4 Å². The predicted octanol–water partition coefficient (Wildman–Crippen LogP) is 2.48. The lowest BCUT2D eigenvalue weighted by atomic mass is 10.1. The van der Waals surface area contributed by atoms with E-state index in [1.54, 1.807) is 6.92 Å². The number of fused-ring (bicyclic) bond motifs is 1. The number of carbonyl (C=O) groups excluding carboxylic acids is 2. The Hall–Kier alpha value is -2.94. The van der Waals surface area contributed by atoms with Crippen LogP contribution in [0.4, 0.5) is 0 Å². The molecule has 0 saturated carbocycles. The van der Waals surface area contributed by atoms with Gasteiger partial charge in [0.25, 0.3) is 11.5 Å². The fourth-order valence-corrected chi connectivity index (χ4v) is 4.72. The minimum absolute atomic E-state index is 0.0490. The van der Waals surface area contributed by atoms with Crippen molar-refractivity contribution in [1.29, 1.82) is 0 Å². The van der Waals surface area contributed by atoms with E-state index in [0.717, 1.165) is 17.7 Å². The lowest BCUT2D eigenvalue weighted by Crippen LogP contribution is -2.31. The highest BCUT2D eigenvalue weighted by Crippen LogP contribution is 2.28. The second-order valence-corrected chi connectivity index (χ2v) is 9.14. The molecule has 9 heteroatoms. The van der Waals surface area contributed by atoms with Gasteiger partial charge in [-0.05, 0) is 45.1 Å². The van der Waals surface area contributed by atoms with E-state index in [2.05, 4.69) is 15.4 Å². The maximum absolute atomic E-state index is 13.0. The fraction of sp³-hybridized carbons (Fsp3) is 0.455. The number of rotatable bonds is 6. The molecule has 1 aliphatic rings. The maximum Gasteiger partial charge on any atom is 0.276 e. The van der Waals surface area contributed by atoms with Crippen molar-refractivity contribution in [1.82, 2.24) is 24.8 Å². The summed E-state index contributed by atoms with van der Waals surface area (Å²) in [6.07, 6.45) is 1.43. The zero-order valence-corrected chi connectivity index (χ0v) is 18.8. The Bertz CT molecular complexity index is 1160. The third kappa shape index (κ3) is 4.41. The van der Waals surface area contributed by atoms with E-state index in [9.17, 15) is 14.4 Å². The monoisotopic (exact) mass is 441 g/mol. The van der Waals surface area contributed by atoms with Gasteiger partial charge in [-0.2, -0.15) is 11.3 Å². The maximum atomic E-state index is 13.0. The molecule has 1 aliphatic heterocycles. The van der Waals surface area contributed by atoms with E-state index in [1.165, 1.54) is 15.9 Å². The van der Waals surface area contributed by atoms with E-state index in [4.69, 9.17) is 0 Å². The summed E-state index contributed by atoms with van der Waals surface area (Å²) in [6, 6.07) is 3.81. The lowest BCUT2D eigenvalue weighted by molar-refractivity contribution is -0.121. The van der Waals surface area contributed by atoms with Crippen molar-refractivity contribution in [2.45, 2.75) is 52.0 Å². The number of aryl methyl sites for hydroxylation is 1. The van der Waals surface area contributed by atoms with Crippen LogP contribution in [-0.2, 0) is 11.2 Å². The zero-order chi connectivity index (χ0) is 22.1. The molecule has 1 saturated heterocycles. The molecule has 0 spiro atoms. The van der Waals surface area contributed by atoms with Crippen LogP contribution >= 0.6 is 11.3 Å². The van der Waals surface area contributed by atoms with Gasteiger partial charge in [0.2, 0.25) is 5.91 Å². The smallest absolute Gasteiger partial charge is 0.276 e. The Morgan fingerprint density at radius 2 is 2.19 bits per heavy atom. The molecule has 4 heterocycles. The first-order valence-electron chi connectivity index (χ1n) is 10.6. The summed E-state index contributed by atoms with van der Waals surface area (Å²) in [5.41, 5.74) is 3.21. The number of aromatic nitrogens is 3. The Kier molecular flexibility index (Phi) is 5.95. The number of nitrogens with zero attached hydrogens (tertiary/aromatic N) is 3. The van der Waals surface area contributed by atoms with Gasteiger partial charge in [0.05, 0.1) is 5.56 Å². The van der Waals surface area contributed by atoms with Crippen LogP contribution in [-0.4, -0.2) is 50.4 Å². The first-order valence-corrected chi connectivity index (χ1v) is 11.5. The van der Waals surface area contributed by atoms with Crippen LogP contribution < -0.4 is 10.9 Å². The average Bonchev–Trinajstić information content (AvgIpc) is 3.46. The van der Waals surface area contributed by atoms with Crippen LogP contribution in [0.15, 0.2) is 27.7 Å². The molecule has 1 fully saturated rings. The SMILES string of the molecule is Cc1nc2cc([C@H]3CCN(C(=O)c4ccsc4)C3)[nH]n2c(=O)c1CCC(=O)NC(C)C. The van der Waals surface area contributed by atoms with Gasteiger partial charge in [-0.3, -0.25) is 19.5 Å². The van der Waals surface area contributed by atoms with Crippen LogP contribution in [0.3, 0.4) is 0 Å². The molecular weight excluding hydrogens is 414 g/mol. The Morgan fingerprint density at radius 3 is 2.90 bits per heavy atom.